The first-order valence-corrected chi connectivity index (χ1v) is 5.08. The number of benzene rings is 1. The van der Waals surface area contributed by atoms with Crippen LogP contribution < -0.4 is 9.47 Å². The van der Waals surface area contributed by atoms with Crippen molar-refractivity contribution in [1.29, 1.82) is 0 Å². The lowest BCUT2D eigenvalue weighted by molar-refractivity contribution is 0.293. The summed E-state index contributed by atoms with van der Waals surface area (Å²) in [6, 6.07) is 0. The Hall–Kier alpha value is -1.29. The molecule has 0 amide bonds. The molecular weight excluding hydrogens is 211 g/mol. The fourth-order valence-electron chi connectivity index (χ4n) is 1.87. The summed E-state index contributed by atoms with van der Waals surface area (Å²) >= 11 is 0. The Kier molecular flexibility index (Phi) is 4.12. The van der Waals surface area contributed by atoms with Gasteiger partial charge in [0.05, 0.1) is 14.2 Å². The van der Waals surface area contributed by atoms with Gasteiger partial charge in [-0.2, -0.15) is 0 Å². The summed E-state index contributed by atoms with van der Waals surface area (Å²) in [5, 5.41) is 8.97. The quantitative estimate of drug-likeness (QED) is 0.856. The smallest absolute Gasteiger partial charge is 0.166 e. The first-order valence-electron chi connectivity index (χ1n) is 5.08. The Bertz CT molecular complexity index is 389. The zero-order chi connectivity index (χ0) is 12.3. The Morgan fingerprint density at radius 3 is 2.06 bits per heavy atom. The Morgan fingerprint density at radius 2 is 1.62 bits per heavy atom. The Labute approximate surface area is 94.8 Å². The second-order valence-corrected chi connectivity index (χ2v) is 3.58. The predicted octanol–water partition coefficient (Wildman–Crippen LogP) is 1.99. The van der Waals surface area contributed by atoms with Gasteiger partial charge in [-0.05, 0) is 25.8 Å². The lowest BCUT2D eigenvalue weighted by atomic mass is 9.99. The van der Waals surface area contributed by atoms with Gasteiger partial charge in [-0.3, -0.25) is 0 Å². The molecule has 0 heterocycles. The van der Waals surface area contributed by atoms with Gasteiger partial charge in [0.1, 0.15) is 5.82 Å². The number of hydrogen-bond donors (Lipinski definition) is 1. The average molecular weight is 228 g/mol. The lowest BCUT2D eigenvalue weighted by Gasteiger charge is -2.18. The van der Waals surface area contributed by atoms with E-state index in [0.29, 0.717) is 34.6 Å². The number of hydrogen-bond acceptors (Lipinski definition) is 3. The summed E-state index contributed by atoms with van der Waals surface area (Å²) in [5.41, 5.74) is 1.59. The van der Waals surface area contributed by atoms with Crippen molar-refractivity contribution in [2.24, 2.45) is 0 Å². The minimum atomic E-state index is -0.305. The normalized spacial score (nSPS) is 10.4. The molecule has 0 atom stereocenters. The maximum Gasteiger partial charge on any atom is 0.166 e. The van der Waals surface area contributed by atoms with Crippen LogP contribution in [-0.4, -0.2) is 25.9 Å². The number of ether oxygens (including phenoxy) is 2. The molecule has 0 aromatic heterocycles. The minimum Gasteiger partial charge on any atom is -0.493 e. The third-order valence-electron chi connectivity index (χ3n) is 2.70. The molecule has 0 fully saturated rings. The van der Waals surface area contributed by atoms with Crippen LogP contribution in [0.15, 0.2) is 0 Å². The molecule has 0 aliphatic carbocycles. The molecule has 0 bridgehead atoms. The lowest BCUT2D eigenvalue weighted by Crippen LogP contribution is -2.06. The zero-order valence-electron chi connectivity index (χ0n) is 10.1. The summed E-state index contributed by atoms with van der Waals surface area (Å²) in [5.74, 6) is 0.600. The van der Waals surface area contributed by atoms with Gasteiger partial charge in [-0.25, -0.2) is 4.39 Å². The summed E-state index contributed by atoms with van der Waals surface area (Å²) < 4.78 is 24.2. The SMILES string of the molecule is COc1c(C)c(F)c(C)c(CCO)c1OC. The molecule has 0 unspecified atom stereocenters. The summed E-state index contributed by atoms with van der Waals surface area (Å²) in [6.45, 7) is 3.27. The van der Waals surface area contributed by atoms with Gasteiger partial charge in [0.25, 0.3) is 0 Å². The molecule has 0 saturated carbocycles. The van der Waals surface area contributed by atoms with E-state index in [1.165, 1.54) is 14.2 Å². The zero-order valence-corrected chi connectivity index (χ0v) is 10.1. The van der Waals surface area contributed by atoms with E-state index in [-0.39, 0.29) is 12.4 Å². The van der Waals surface area contributed by atoms with Crippen molar-refractivity contribution in [3.63, 3.8) is 0 Å². The highest BCUT2D eigenvalue weighted by atomic mass is 19.1. The van der Waals surface area contributed by atoms with Crippen LogP contribution in [-0.2, 0) is 6.42 Å². The molecule has 1 aromatic rings. The number of aliphatic hydroxyl groups is 1. The van der Waals surface area contributed by atoms with Crippen LogP contribution in [0.5, 0.6) is 11.5 Å². The fourth-order valence-corrected chi connectivity index (χ4v) is 1.87. The van der Waals surface area contributed by atoms with Crippen LogP contribution in [0.25, 0.3) is 0 Å². The van der Waals surface area contributed by atoms with E-state index in [2.05, 4.69) is 0 Å². The molecule has 1 aromatic carbocycles. The number of methoxy groups -OCH3 is 2. The van der Waals surface area contributed by atoms with E-state index in [1.54, 1.807) is 13.8 Å². The average Bonchev–Trinajstić information content (AvgIpc) is 2.29. The van der Waals surface area contributed by atoms with Gasteiger partial charge in [0.15, 0.2) is 11.5 Å². The van der Waals surface area contributed by atoms with Crippen LogP contribution in [0, 0.1) is 19.7 Å². The molecule has 0 aliphatic heterocycles. The predicted molar refractivity (Wildman–Crippen MR) is 59.8 cm³/mol. The van der Waals surface area contributed by atoms with Gasteiger partial charge in [-0.1, -0.05) is 0 Å². The van der Waals surface area contributed by atoms with E-state index in [4.69, 9.17) is 14.6 Å². The fraction of sp³-hybridized carbons (Fsp3) is 0.500. The molecule has 0 radical (unpaired) electrons. The standard InChI is InChI=1S/C12H17FO3/c1-7-9(5-6-14)12(16-4)11(15-3)8(2)10(7)13/h14H,5-6H2,1-4H3. The van der Waals surface area contributed by atoms with E-state index in [9.17, 15) is 4.39 Å². The molecule has 1 N–H and O–H groups in total. The van der Waals surface area contributed by atoms with Crippen molar-refractivity contribution >= 4 is 0 Å². The first kappa shape index (κ1) is 12.8. The highest BCUT2D eigenvalue weighted by Crippen LogP contribution is 2.38. The number of halogens is 1. The largest absolute Gasteiger partial charge is 0.493 e. The Morgan fingerprint density at radius 1 is 1.06 bits per heavy atom. The summed E-state index contributed by atoms with van der Waals surface area (Å²) in [4.78, 5) is 0. The van der Waals surface area contributed by atoms with E-state index < -0.39 is 0 Å². The van der Waals surface area contributed by atoms with Crippen molar-refractivity contribution in [3.8, 4) is 11.5 Å². The van der Waals surface area contributed by atoms with Gasteiger partial charge in [0.2, 0.25) is 0 Å². The van der Waals surface area contributed by atoms with E-state index >= 15 is 0 Å². The van der Waals surface area contributed by atoms with Crippen molar-refractivity contribution in [2.75, 3.05) is 20.8 Å². The topological polar surface area (TPSA) is 38.7 Å². The minimum absolute atomic E-state index is 0.0527. The van der Waals surface area contributed by atoms with E-state index in [1.807, 2.05) is 0 Å². The highest BCUT2D eigenvalue weighted by Gasteiger charge is 2.20. The van der Waals surface area contributed by atoms with Crippen molar-refractivity contribution in [2.45, 2.75) is 20.3 Å². The second-order valence-electron chi connectivity index (χ2n) is 3.58. The maximum atomic E-state index is 13.9. The second kappa shape index (κ2) is 5.16. The third-order valence-corrected chi connectivity index (χ3v) is 2.70. The summed E-state index contributed by atoms with van der Waals surface area (Å²) in [7, 11) is 2.98. The molecule has 16 heavy (non-hydrogen) atoms. The molecule has 4 heteroatoms. The summed E-state index contributed by atoms with van der Waals surface area (Å²) in [6.07, 6.45) is 0.350. The third kappa shape index (κ3) is 1.97. The molecule has 0 aliphatic rings. The van der Waals surface area contributed by atoms with Crippen molar-refractivity contribution in [3.05, 3.63) is 22.5 Å². The van der Waals surface area contributed by atoms with Gasteiger partial charge in [-0.15, -0.1) is 0 Å². The van der Waals surface area contributed by atoms with E-state index in [0.717, 1.165) is 0 Å². The maximum absolute atomic E-state index is 13.9. The number of aliphatic hydroxyl groups excluding tert-OH is 1. The van der Waals surface area contributed by atoms with Crippen LogP contribution in [0.1, 0.15) is 16.7 Å². The molecule has 90 valence electrons. The highest BCUT2D eigenvalue weighted by molar-refractivity contribution is 5.55. The van der Waals surface area contributed by atoms with Crippen molar-refractivity contribution in [1.82, 2.24) is 0 Å². The van der Waals surface area contributed by atoms with Crippen LogP contribution in [0.2, 0.25) is 0 Å². The monoisotopic (exact) mass is 228 g/mol. The van der Waals surface area contributed by atoms with Gasteiger partial charge in [0, 0.05) is 17.7 Å². The Balaban J connectivity index is 3.51. The van der Waals surface area contributed by atoms with Crippen molar-refractivity contribution < 1.29 is 19.0 Å². The van der Waals surface area contributed by atoms with Crippen LogP contribution in [0.4, 0.5) is 4.39 Å². The molecule has 0 saturated heterocycles. The molecule has 0 spiro atoms. The molecule has 3 nitrogen and oxygen atoms in total. The number of rotatable bonds is 4. The molecular formula is C12H17FO3. The van der Waals surface area contributed by atoms with Crippen LogP contribution in [0.3, 0.4) is 0 Å². The molecule has 1 rings (SSSR count). The van der Waals surface area contributed by atoms with Crippen LogP contribution >= 0.6 is 0 Å². The van der Waals surface area contributed by atoms with Gasteiger partial charge < -0.3 is 14.6 Å². The van der Waals surface area contributed by atoms with Gasteiger partial charge >= 0.3 is 0 Å². The first-order chi connectivity index (χ1) is 7.58.